The molecule has 0 bridgehead atoms. The Morgan fingerprint density at radius 1 is 0.630 bits per heavy atom. The molecule has 1 aliphatic carbocycles. The molecule has 240 valence electrons. The number of hydrogen-bond donors (Lipinski definition) is 0. The zero-order valence-electron chi connectivity index (χ0n) is 29.1. The molecule has 0 fully saturated rings. The molecule has 1 aliphatic rings. The minimum absolute atomic E-state index is 0. The zero-order chi connectivity index (χ0) is 32.2. The van der Waals surface area contributed by atoms with Gasteiger partial charge < -0.3 is 24.8 Å². The number of fused-ring (bicyclic) bond motifs is 3. The molecule has 1 atom stereocenters. The van der Waals surface area contributed by atoms with E-state index in [0.29, 0.717) is 5.92 Å². The van der Waals surface area contributed by atoms with Crippen molar-refractivity contribution >= 4 is 24.8 Å². The smallest absolute Gasteiger partial charge is 1.00 e. The van der Waals surface area contributed by atoms with E-state index < -0.39 is 0 Å². The van der Waals surface area contributed by atoms with E-state index in [1.165, 1.54) is 87.9 Å². The molecule has 0 radical (unpaired) electrons. The molecule has 0 aromatic heterocycles. The fourth-order valence-corrected chi connectivity index (χ4v) is 6.14. The third kappa shape index (κ3) is 10.5. The quantitative estimate of drug-likeness (QED) is 0.206. The standard InChI is InChI=1S/C21H25.C15H14.C7H9.2ClH.Zr/c1-20(2,3)16-7-9-18-14(12-16)11-15-13-17(21(4,5)6)8-10-19(15)18;1-12-3-7-14(8-4-12)11-15-9-5-13(2)6-10-15;1-6-3-4-7(2)5-6;;;/h7-13H,1-6H3;3-10H,1-2H3;3,5,7H,1-2H3;2*1H;/q-1;;-1;;;+2/p-2. The molecule has 1 unspecified atom stereocenters. The van der Waals surface area contributed by atoms with Crippen LogP contribution in [0.25, 0.3) is 21.5 Å². The SMILES string of the molecule is CC(C)(C)c1ccc2c(c1)[cH-]c1cc(C(C)(C)C)ccc12.CC1=CC(C)[C-]=C1.Cc1ccc([C](=[Zr+2])c2ccc(C)cc2)cc1.[Cl-].[Cl-]. The van der Waals surface area contributed by atoms with Gasteiger partial charge in [0, 0.05) is 0 Å². The van der Waals surface area contributed by atoms with E-state index in [4.69, 9.17) is 0 Å². The average Bonchev–Trinajstić information content (AvgIpc) is 3.53. The molecule has 0 saturated carbocycles. The second kappa shape index (κ2) is 16.6. The number of allylic oxidation sites excluding steroid dienone is 4. The van der Waals surface area contributed by atoms with Crippen LogP contribution in [0.3, 0.4) is 0 Å². The first-order valence-corrected chi connectivity index (χ1v) is 17.0. The van der Waals surface area contributed by atoms with Gasteiger partial charge in [-0.1, -0.05) is 89.8 Å². The van der Waals surface area contributed by atoms with E-state index in [1.54, 1.807) is 0 Å². The third-order valence-corrected chi connectivity index (χ3v) is 9.62. The van der Waals surface area contributed by atoms with Gasteiger partial charge in [0.05, 0.1) is 0 Å². The summed E-state index contributed by atoms with van der Waals surface area (Å²) < 4.78 is 1.42. The minimum atomic E-state index is 0. The molecule has 46 heavy (non-hydrogen) atoms. The minimum Gasteiger partial charge on any atom is -1.00 e. The number of benzene rings is 4. The van der Waals surface area contributed by atoms with Gasteiger partial charge in [0.25, 0.3) is 0 Å². The van der Waals surface area contributed by atoms with Crippen molar-refractivity contribution in [2.75, 3.05) is 0 Å². The molecular weight excluding hydrogens is 679 g/mol. The summed E-state index contributed by atoms with van der Waals surface area (Å²) in [5.74, 6) is 0.556. The van der Waals surface area contributed by atoms with Crippen molar-refractivity contribution in [1.82, 2.24) is 0 Å². The number of halogens is 2. The van der Waals surface area contributed by atoms with Crippen LogP contribution in [0.4, 0.5) is 0 Å². The molecule has 0 amide bonds. The molecule has 0 spiro atoms. The van der Waals surface area contributed by atoms with Crippen molar-refractivity contribution in [3.63, 3.8) is 0 Å². The number of aryl methyl sites for hydroxylation is 2. The Bertz CT molecular complexity index is 1690. The summed E-state index contributed by atoms with van der Waals surface area (Å²) in [6, 6.07) is 33.7. The van der Waals surface area contributed by atoms with E-state index in [-0.39, 0.29) is 35.6 Å². The van der Waals surface area contributed by atoms with Crippen molar-refractivity contribution in [2.45, 2.75) is 80.1 Å². The Morgan fingerprint density at radius 2 is 1.02 bits per heavy atom. The maximum atomic E-state index is 3.15. The van der Waals surface area contributed by atoms with Crippen molar-refractivity contribution in [3.8, 4) is 0 Å². The monoisotopic (exact) mass is 724 g/mol. The van der Waals surface area contributed by atoms with Gasteiger partial charge in [-0.05, 0) is 10.8 Å². The third-order valence-electron chi connectivity index (χ3n) is 8.20. The van der Waals surface area contributed by atoms with Crippen molar-refractivity contribution in [1.29, 1.82) is 0 Å². The van der Waals surface area contributed by atoms with Crippen LogP contribution in [-0.4, -0.2) is 3.21 Å². The largest absolute Gasteiger partial charge is 1.00 e. The Labute approximate surface area is 305 Å². The second-order valence-corrected chi connectivity index (χ2v) is 15.6. The van der Waals surface area contributed by atoms with Crippen LogP contribution >= 0.6 is 0 Å². The molecule has 0 nitrogen and oxygen atoms in total. The van der Waals surface area contributed by atoms with Crippen LogP contribution < -0.4 is 24.8 Å². The molecule has 3 heteroatoms. The Hall–Kier alpha value is -2.44. The normalized spacial score (nSPS) is 13.9. The van der Waals surface area contributed by atoms with Crippen LogP contribution in [0.2, 0.25) is 0 Å². The van der Waals surface area contributed by atoms with Gasteiger partial charge in [0.1, 0.15) is 0 Å². The van der Waals surface area contributed by atoms with Crippen molar-refractivity contribution < 1.29 is 49.0 Å². The number of hydrogen-bond acceptors (Lipinski definition) is 0. The van der Waals surface area contributed by atoms with E-state index >= 15 is 0 Å². The molecule has 0 aliphatic heterocycles. The van der Waals surface area contributed by atoms with E-state index in [2.05, 4.69) is 172 Å². The maximum absolute atomic E-state index is 3.15. The first kappa shape index (κ1) is 39.7. The fraction of sp³-hybridized carbons (Fsp3) is 0.302. The number of rotatable bonds is 2. The van der Waals surface area contributed by atoms with E-state index in [1.807, 2.05) is 6.08 Å². The van der Waals surface area contributed by atoms with Gasteiger partial charge in [0.2, 0.25) is 0 Å². The Balaban J connectivity index is 0.000000261. The molecule has 6 rings (SSSR count). The van der Waals surface area contributed by atoms with Crippen LogP contribution in [0.15, 0.2) is 109 Å². The van der Waals surface area contributed by atoms with Crippen LogP contribution in [-0.2, 0) is 35.1 Å². The van der Waals surface area contributed by atoms with Crippen LogP contribution in [0, 0.1) is 25.8 Å². The van der Waals surface area contributed by atoms with E-state index in [0.717, 1.165) is 0 Å². The van der Waals surface area contributed by atoms with Gasteiger partial charge in [-0.15, -0.1) is 46.7 Å². The summed E-state index contributed by atoms with van der Waals surface area (Å²) in [5, 5.41) is 5.48. The van der Waals surface area contributed by atoms with Crippen LogP contribution in [0.1, 0.15) is 88.8 Å². The van der Waals surface area contributed by atoms with Gasteiger partial charge in [0.15, 0.2) is 0 Å². The Kier molecular flexibility index (Phi) is 14.3. The van der Waals surface area contributed by atoms with Crippen molar-refractivity contribution in [3.05, 3.63) is 148 Å². The first-order chi connectivity index (χ1) is 20.6. The molecule has 0 saturated heterocycles. The zero-order valence-corrected chi connectivity index (χ0v) is 33.1. The summed E-state index contributed by atoms with van der Waals surface area (Å²) >= 11 is 1.46. The summed E-state index contributed by atoms with van der Waals surface area (Å²) in [4.78, 5) is 0. The van der Waals surface area contributed by atoms with Crippen molar-refractivity contribution in [2.24, 2.45) is 5.92 Å². The van der Waals surface area contributed by atoms with Gasteiger partial charge in [-0.2, -0.15) is 6.08 Å². The van der Waals surface area contributed by atoms with E-state index in [9.17, 15) is 0 Å². The fourth-order valence-electron chi connectivity index (χ4n) is 5.32. The molecule has 0 N–H and O–H groups in total. The predicted molar refractivity (Wildman–Crippen MR) is 191 cm³/mol. The average molecular weight is 727 g/mol. The summed E-state index contributed by atoms with van der Waals surface area (Å²) in [6.07, 6.45) is 7.38. The Morgan fingerprint density at radius 3 is 1.30 bits per heavy atom. The second-order valence-electron chi connectivity index (χ2n) is 14.4. The summed E-state index contributed by atoms with van der Waals surface area (Å²) in [7, 11) is 0. The topological polar surface area (TPSA) is 0 Å². The molecule has 5 aromatic carbocycles. The summed E-state index contributed by atoms with van der Waals surface area (Å²) in [6.45, 7) is 22.1. The van der Waals surface area contributed by atoms with Gasteiger partial charge in [-0.3, -0.25) is 6.08 Å². The summed E-state index contributed by atoms with van der Waals surface area (Å²) in [5.41, 5.74) is 9.87. The molecule has 0 heterocycles. The van der Waals surface area contributed by atoms with Gasteiger partial charge in [-0.25, -0.2) is 11.6 Å². The van der Waals surface area contributed by atoms with Crippen LogP contribution in [0.5, 0.6) is 0 Å². The molecule has 5 aromatic rings. The predicted octanol–water partition coefficient (Wildman–Crippen LogP) is 5.68. The van der Waals surface area contributed by atoms with Gasteiger partial charge >= 0.3 is 112 Å². The first-order valence-electron chi connectivity index (χ1n) is 15.8. The molecular formula is C43H48Cl2Zr-2. The maximum Gasteiger partial charge on any atom is -1.00 e.